The number of benzene rings is 2. The monoisotopic (exact) mass is 457 g/mol. The van der Waals surface area contributed by atoms with Crippen LogP contribution >= 0.6 is 23.2 Å². The largest absolute Gasteiger partial charge is 0.301 e. The van der Waals surface area contributed by atoms with Gasteiger partial charge in [0.05, 0.1) is 20.9 Å². The quantitative estimate of drug-likeness (QED) is 0.467. The van der Waals surface area contributed by atoms with Crippen LogP contribution in [0.2, 0.25) is 10.0 Å². The van der Waals surface area contributed by atoms with E-state index in [2.05, 4.69) is 25.7 Å². The van der Waals surface area contributed by atoms with Crippen molar-refractivity contribution in [1.82, 2.24) is 14.5 Å². The van der Waals surface area contributed by atoms with Crippen molar-refractivity contribution in [3.63, 3.8) is 0 Å². The van der Waals surface area contributed by atoms with Gasteiger partial charge in [-0.25, -0.2) is 4.98 Å². The van der Waals surface area contributed by atoms with E-state index in [1.165, 1.54) is 6.42 Å². The molecule has 4 nitrogen and oxygen atoms in total. The molecular weight excluding hydrogens is 429 g/mol. The van der Waals surface area contributed by atoms with Gasteiger partial charge in [0.2, 0.25) is 0 Å². The van der Waals surface area contributed by atoms with Gasteiger partial charge in [0.25, 0.3) is 5.56 Å². The highest BCUT2D eigenvalue weighted by Gasteiger charge is 2.23. The molecule has 0 bridgehead atoms. The standard InChI is InChI=1S/C25H29Cl2N3O/c1-4-24-28-23-10-8-18(19-7-9-21(26)22(27)13-19)12-20(23)25(31)30(24)15-17-6-5-11-29(14-17)16(2)3/h7-10,12-13,16-17H,4-6,11,14-15H2,1-3H3/t17-/m0/s1. The highest BCUT2D eigenvalue weighted by atomic mass is 35.5. The highest BCUT2D eigenvalue weighted by molar-refractivity contribution is 6.42. The fraction of sp³-hybridized carbons (Fsp3) is 0.440. The second kappa shape index (κ2) is 9.32. The van der Waals surface area contributed by atoms with Crippen LogP contribution in [-0.4, -0.2) is 33.6 Å². The maximum atomic E-state index is 13.6. The summed E-state index contributed by atoms with van der Waals surface area (Å²) in [4.78, 5) is 20.9. The van der Waals surface area contributed by atoms with Crippen molar-refractivity contribution in [3.8, 4) is 11.1 Å². The number of aromatic nitrogens is 2. The van der Waals surface area contributed by atoms with E-state index in [-0.39, 0.29) is 5.56 Å². The summed E-state index contributed by atoms with van der Waals surface area (Å²) in [6.45, 7) is 9.46. The molecule has 1 aliphatic rings. The number of likely N-dealkylation sites (tertiary alicyclic amines) is 1. The Kier molecular flexibility index (Phi) is 6.71. The summed E-state index contributed by atoms with van der Waals surface area (Å²) in [5.41, 5.74) is 2.66. The van der Waals surface area contributed by atoms with Gasteiger partial charge in [0.15, 0.2) is 0 Å². The van der Waals surface area contributed by atoms with E-state index in [4.69, 9.17) is 28.2 Å². The summed E-state index contributed by atoms with van der Waals surface area (Å²) >= 11 is 12.3. The van der Waals surface area contributed by atoms with Gasteiger partial charge in [-0.15, -0.1) is 0 Å². The maximum absolute atomic E-state index is 13.6. The number of hydrogen-bond acceptors (Lipinski definition) is 3. The van der Waals surface area contributed by atoms with Gasteiger partial charge in [-0.05, 0) is 74.5 Å². The minimum atomic E-state index is 0.0467. The van der Waals surface area contributed by atoms with Crippen LogP contribution in [-0.2, 0) is 13.0 Å². The van der Waals surface area contributed by atoms with Crippen LogP contribution in [0, 0.1) is 5.92 Å². The topological polar surface area (TPSA) is 38.1 Å². The van der Waals surface area contributed by atoms with E-state index in [0.29, 0.717) is 27.4 Å². The Morgan fingerprint density at radius 3 is 2.55 bits per heavy atom. The molecule has 31 heavy (non-hydrogen) atoms. The maximum Gasteiger partial charge on any atom is 0.261 e. The predicted octanol–water partition coefficient (Wildman–Crippen LogP) is 6.05. The summed E-state index contributed by atoms with van der Waals surface area (Å²) in [6.07, 6.45) is 3.07. The van der Waals surface area contributed by atoms with Crippen LogP contribution < -0.4 is 5.56 Å². The van der Waals surface area contributed by atoms with Gasteiger partial charge in [0.1, 0.15) is 5.82 Å². The zero-order valence-corrected chi connectivity index (χ0v) is 19.9. The molecule has 4 rings (SSSR count). The zero-order chi connectivity index (χ0) is 22.1. The van der Waals surface area contributed by atoms with Crippen LogP contribution in [0.25, 0.3) is 22.0 Å². The lowest BCUT2D eigenvalue weighted by Crippen LogP contribution is -2.42. The third-order valence-electron chi connectivity index (χ3n) is 6.32. The molecule has 1 aromatic heterocycles. The zero-order valence-electron chi connectivity index (χ0n) is 18.4. The molecule has 1 saturated heterocycles. The SMILES string of the molecule is CCc1nc2ccc(-c3ccc(Cl)c(Cl)c3)cc2c(=O)n1C[C@H]1CCCN(C(C)C)C1. The second-order valence-electron chi connectivity index (χ2n) is 8.76. The van der Waals surface area contributed by atoms with Gasteiger partial charge in [-0.1, -0.05) is 42.3 Å². The third kappa shape index (κ3) is 4.67. The highest BCUT2D eigenvalue weighted by Crippen LogP contribution is 2.30. The smallest absolute Gasteiger partial charge is 0.261 e. The molecule has 0 radical (unpaired) electrons. The molecule has 1 atom stereocenters. The Balaban J connectivity index is 1.73. The Hall–Kier alpha value is -1.88. The Morgan fingerprint density at radius 2 is 1.84 bits per heavy atom. The molecule has 3 aromatic rings. The van der Waals surface area contributed by atoms with E-state index in [1.54, 1.807) is 6.07 Å². The molecule has 164 valence electrons. The minimum absolute atomic E-state index is 0.0467. The summed E-state index contributed by atoms with van der Waals surface area (Å²) < 4.78 is 1.91. The number of nitrogens with zero attached hydrogens (tertiary/aromatic N) is 3. The van der Waals surface area contributed by atoms with Gasteiger partial charge in [-0.2, -0.15) is 0 Å². The lowest BCUT2D eigenvalue weighted by Gasteiger charge is -2.35. The van der Waals surface area contributed by atoms with Crippen molar-refractivity contribution in [2.75, 3.05) is 13.1 Å². The summed E-state index contributed by atoms with van der Waals surface area (Å²) in [6, 6.07) is 11.9. The number of aryl methyl sites for hydroxylation is 1. The molecule has 0 amide bonds. The van der Waals surface area contributed by atoms with Crippen molar-refractivity contribution in [3.05, 3.63) is 62.6 Å². The number of piperidine rings is 1. The van der Waals surface area contributed by atoms with E-state index in [0.717, 1.165) is 54.9 Å². The van der Waals surface area contributed by atoms with Gasteiger partial charge in [-0.3, -0.25) is 9.36 Å². The van der Waals surface area contributed by atoms with E-state index in [1.807, 2.05) is 34.9 Å². The van der Waals surface area contributed by atoms with Gasteiger partial charge >= 0.3 is 0 Å². The Bertz CT molecular complexity index is 1160. The first kappa shape index (κ1) is 22.3. The van der Waals surface area contributed by atoms with Crippen LogP contribution in [0.15, 0.2) is 41.2 Å². The normalized spacial score (nSPS) is 17.5. The summed E-state index contributed by atoms with van der Waals surface area (Å²) in [5.74, 6) is 1.33. The van der Waals surface area contributed by atoms with E-state index < -0.39 is 0 Å². The molecule has 1 aliphatic heterocycles. The van der Waals surface area contributed by atoms with Crippen molar-refractivity contribution in [2.24, 2.45) is 5.92 Å². The first-order valence-corrected chi connectivity index (χ1v) is 11.9. The number of hydrogen-bond donors (Lipinski definition) is 0. The first-order valence-electron chi connectivity index (χ1n) is 11.1. The minimum Gasteiger partial charge on any atom is -0.301 e. The molecular formula is C25H29Cl2N3O. The van der Waals surface area contributed by atoms with Crippen molar-refractivity contribution in [2.45, 2.75) is 52.6 Å². The number of halogens is 2. The van der Waals surface area contributed by atoms with Crippen molar-refractivity contribution >= 4 is 34.1 Å². The molecule has 0 spiro atoms. The van der Waals surface area contributed by atoms with Crippen LogP contribution in [0.3, 0.4) is 0 Å². The molecule has 0 aliphatic carbocycles. The molecule has 0 unspecified atom stereocenters. The fourth-order valence-corrected chi connectivity index (χ4v) is 4.85. The average molecular weight is 458 g/mol. The second-order valence-corrected chi connectivity index (χ2v) is 9.57. The molecule has 2 aromatic carbocycles. The number of fused-ring (bicyclic) bond motifs is 1. The van der Waals surface area contributed by atoms with Crippen LogP contribution in [0.1, 0.15) is 39.4 Å². The van der Waals surface area contributed by atoms with E-state index in [9.17, 15) is 4.79 Å². The van der Waals surface area contributed by atoms with Crippen molar-refractivity contribution in [1.29, 1.82) is 0 Å². The molecule has 0 N–H and O–H groups in total. The Morgan fingerprint density at radius 1 is 1.10 bits per heavy atom. The average Bonchev–Trinajstić information content (AvgIpc) is 2.77. The third-order valence-corrected chi connectivity index (χ3v) is 7.06. The first-order chi connectivity index (χ1) is 14.9. The van der Waals surface area contributed by atoms with E-state index >= 15 is 0 Å². The summed E-state index contributed by atoms with van der Waals surface area (Å²) in [5, 5.41) is 1.67. The predicted molar refractivity (Wildman–Crippen MR) is 130 cm³/mol. The number of rotatable bonds is 5. The lowest BCUT2D eigenvalue weighted by molar-refractivity contribution is 0.129. The fourth-order valence-electron chi connectivity index (χ4n) is 4.55. The van der Waals surface area contributed by atoms with Gasteiger partial charge < -0.3 is 4.90 Å². The molecule has 2 heterocycles. The summed E-state index contributed by atoms with van der Waals surface area (Å²) in [7, 11) is 0. The van der Waals surface area contributed by atoms with Crippen LogP contribution in [0.4, 0.5) is 0 Å². The van der Waals surface area contributed by atoms with Crippen LogP contribution in [0.5, 0.6) is 0 Å². The molecule has 6 heteroatoms. The van der Waals surface area contributed by atoms with Gasteiger partial charge in [0, 0.05) is 25.6 Å². The Labute approximate surface area is 193 Å². The lowest BCUT2D eigenvalue weighted by atomic mass is 9.96. The molecule has 1 fully saturated rings. The molecule has 0 saturated carbocycles. The van der Waals surface area contributed by atoms with Crippen molar-refractivity contribution < 1.29 is 0 Å².